The predicted octanol–water partition coefficient (Wildman–Crippen LogP) is 4.93. The molecule has 3 nitrogen and oxygen atoms in total. The lowest BCUT2D eigenvalue weighted by Crippen LogP contribution is -1.97. The molecule has 0 aliphatic heterocycles. The van der Waals surface area contributed by atoms with E-state index < -0.39 is 0 Å². The average molecular weight is 324 g/mol. The molecule has 0 atom stereocenters. The van der Waals surface area contributed by atoms with Crippen LogP contribution in [-0.2, 0) is 6.54 Å². The number of aromatic nitrogens is 1. The second-order valence-corrected chi connectivity index (χ2v) is 6.04. The first-order valence-corrected chi connectivity index (χ1v) is 8.11. The Balaban J connectivity index is 1.61. The number of phenolic OH excluding ortho intramolecular Hbond substituents is 1. The monoisotopic (exact) mass is 324 g/mol. The first-order valence-electron chi connectivity index (χ1n) is 8.11. The summed E-state index contributed by atoms with van der Waals surface area (Å²) in [6.07, 6.45) is 2.11. The number of hydrogen-bond donors (Lipinski definition) is 1. The fourth-order valence-electron chi connectivity index (χ4n) is 3.08. The summed E-state index contributed by atoms with van der Waals surface area (Å²) in [5.74, 6) is 0.0161. The molecule has 0 saturated heterocycles. The van der Waals surface area contributed by atoms with Gasteiger partial charge in [-0.1, -0.05) is 48.5 Å². The fraction of sp³-hybridized carbons (Fsp3) is 0.0455. The van der Waals surface area contributed by atoms with Crippen LogP contribution < -0.4 is 0 Å². The van der Waals surface area contributed by atoms with Crippen LogP contribution in [0.2, 0.25) is 0 Å². The van der Waals surface area contributed by atoms with E-state index in [1.54, 1.807) is 12.1 Å². The van der Waals surface area contributed by atoms with Crippen LogP contribution in [0.15, 0.2) is 79.0 Å². The lowest BCUT2D eigenvalue weighted by molar-refractivity contribution is 0.473. The van der Waals surface area contributed by atoms with Crippen LogP contribution in [0.25, 0.3) is 22.0 Å². The van der Waals surface area contributed by atoms with Crippen molar-refractivity contribution in [2.24, 2.45) is 0 Å². The lowest BCUT2D eigenvalue weighted by atomic mass is 10.0. The number of fused-ring (bicyclic) bond motifs is 1. The van der Waals surface area contributed by atoms with Crippen molar-refractivity contribution in [3.63, 3.8) is 0 Å². The Kier molecular flexibility index (Phi) is 3.72. The molecule has 3 heteroatoms. The van der Waals surface area contributed by atoms with Crippen LogP contribution >= 0.6 is 0 Å². The SMILES string of the molecule is N#Cc1cc(-c2ccc(Cn3ccc4ccccc43)cc2)ccc1O. The number of benzene rings is 3. The van der Waals surface area contributed by atoms with E-state index >= 15 is 0 Å². The van der Waals surface area contributed by atoms with Gasteiger partial charge in [-0.25, -0.2) is 0 Å². The number of nitriles is 1. The maximum absolute atomic E-state index is 9.63. The molecule has 0 aliphatic rings. The largest absolute Gasteiger partial charge is 0.507 e. The quantitative estimate of drug-likeness (QED) is 0.580. The zero-order valence-corrected chi connectivity index (χ0v) is 13.6. The van der Waals surface area contributed by atoms with Gasteiger partial charge in [-0.3, -0.25) is 0 Å². The van der Waals surface area contributed by atoms with Gasteiger partial charge in [0, 0.05) is 18.3 Å². The van der Waals surface area contributed by atoms with Crippen molar-refractivity contribution < 1.29 is 5.11 Å². The summed E-state index contributed by atoms with van der Waals surface area (Å²) in [5, 5.41) is 19.9. The highest BCUT2D eigenvalue weighted by molar-refractivity contribution is 5.80. The van der Waals surface area contributed by atoms with Crippen molar-refractivity contribution in [3.05, 3.63) is 90.1 Å². The summed E-state index contributed by atoms with van der Waals surface area (Å²) in [6.45, 7) is 0.812. The van der Waals surface area contributed by atoms with Gasteiger partial charge in [-0.2, -0.15) is 5.26 Å². The molecule has 0 spiro atoms. The maximum atomic E-state index is 9.63. The third-order valence-corrected chi connectivity index (χ3v) is 4.44. The second kappa shape index (κ2) is 6.18. The smallest absolute Gasteiger partial charge is 0.133 e. The molecule has 0 fully saturated rings. The third-order valence-electron chi connectivity index (χ3n) is 4.44. The fourth-order valence-corrected chi connectivity index (χ4v) is 3.08. The Hall–Kier alpha value is -3.51. The minimum Gasteiger partial charge on any atom is -0.507 e. The number of phenols is 1. The molecule has 0 unspecified atom stereocenters. The normalized spacial score (nSPS) is 10.7. The summed E-state index contributed by atoms with van der Waals surface area (Å²) in [5.41, 5.74) is 4.68. The van der Waals surface area contributed by atoms with E-state index in [0.717, 1.165) is 17.7 Å². The molecule has 0 aliphatic carbocycles. The molecular weight excluding hydrogens is 308 g/mol. The summed E-state index contributed by atoms with van der Waals surface area (Å²) in [6, 6.07) is 25.9. The highest BCUT2D eigenvalue weighted by Gasteiger charge is 2.05. The van der Waals surface area contributed by atoms with E-state index in [-0.39, 0.29) is 5.75 Å². The summed E-state index contributed by atoms with van der Waals surface area (Å²) in [7, 11) is 0. The molecule has 25 heavy (non-hydrogen) atoms. The molecule has 0 radical (unpaired) electrons. The van der Waals surface area contributed by atoms with Crippen LogP contribution in [0.4, 0.5) is 0 Å². The average Bonchev–Trinajstić information content (AvgIpc) is 3.06. The molecule has 0 bridgehead atoms. The molecular formula is C22H16N2O. The van der Waals surface area contributed by atoms with Crippen LogP contribution in [0.1, 0.15) is 11.1 Å². The van der Waals surface area contributed by atoms with E-state index in [1.807, 2.05) is 12.1 Å². The molecule has 3 aromatic carbocycles. The van der Waals surface area contributed by atoms with Gasteiger partial charge in [0.2, 0.25) is 0 Å². The molecule has 120 valence electrons. The zero-order chi connectivity index (χ0) is 17.2. The van der Waals surface area contributed by atoms with E-state index in [9.17, 15) is 5.11 Å². The number of hydrogen-bond acceptors (Lipinski definition) is 2. The highest BCUT2D eigenvalue weighted by atomic mass is 16.3. The standard InChI is InChI=1S/C22H16N2O/c23-14-20-13-19(9-10-22(20)25)17-7-5-16(6-8-17)15-24-12-11-18-3-1-2-4-21(18)24/h1-13,25H,15H2. The minimum absolute atomic E-state index is 0.0161. The Labute approximate surface area is 146 Å². The van der Waals surface area contributed by atoms with E-state index in [2.05, 4.69) is 65.4 Å². The van der Waals surface area contributed by atoms with Crippen LogP contribution in [0.3, 0.4) is 0 Å². The topological polar surface area (TPSA) is 49.0 Å². The Morgan fingerprint density at radius 1 is 0.880 bits per heavy atom. The molecule has 0 saturated carbocycles. The van der Waals surface area contributed by atoms with E-state index in [1.165, 1.54) is 16.5 Å². The van der Waals surface area contributed by atoms with Gasteiger partial charge in [0.05, 0.1) is 5.56 Å². The first kappa shape index (κ1) is 15.0. The van der Waals surface area contributed by atoms with Crippen molar-refractivity contribution >= 4 is 10.9 Å². The molecule has 0 amide bonds. The van der Waals surface area contributed by atoms with E-state index in [0.29, 0.717) is 5.56 Å². The number of para-hydroxylation sites is 1. The van der Waals surface area contributed by atoms with Gasteiger partial charge < -0.3 is 9.67 Å². The van der Waals surface area contributed by atoms with Crippen LogP contribution in [-0.4, -0.2) is 9.67 Å². The van der Waals surface area contributed by atoms with E-state index in [4.69, 9.17) is 5.26 Å². The second-order valence-electron chi connectivity index (χ2n) is 6.04. The van der Waals surface area contributed by atoms with Gasteiger partial charge >= 0.3 is 0 Å². The summed E-state index contributed by atoms with van der Waals surface area (Å²) < 4.78 is 2.23. The number of nitrogens with zero attached hydrogens (tertiary/aromatic N) is 2. The predicted molar refractivity (Wildman–Crippen MR) is 99.3 cm³/mol. The molecule has 1 N–H and O–H groups in total. The number of aromatic hydroxyl groups is 1. The zero-order valence-electron chi connectivity index (χ0n) is 13.6. The van der Waals surface area contributed by atoms with Gasteiger partial charge in [0.1, 0.15) is 11.8 Å². The molecule has 1 heterocycles. The first-order chi connectivity index (χ1) is 12.2. The third kappa shape index (κ3) is 2.86. The Bertz CT molecular complexity index is 1090. The maximum Gasteiger partial charge on any atom is 0.133 e. The minimum atomic E-state index is 0.0161. The van der Waals surface area contributed by atoms with Gasteiger partial charge in [-0.05, 0) is 46.3 Å². The lowest BCUT2D eigenvalue weighted by Gasteiger charge is -2.08. The van der Waals surface area contributed by atoms with Crippen molar-refractivity contribution in [1.29, 1.82) is 5.26 Å². The van der Waals surface area contributed by atoms with Crippen LogP contribution in [0, 0.1) is 11.3 Å². The highest BCUT2D eigenvalue weighted by Crippen LogP contribution is 2.26. The Morgan fingerprint density at radius 2 is 1.64 bits per heavy atom. The molecule has 4 aromatic rings. The molecule has 1 aromatic heterocycles. The molecule has 4 rings (SSSR count). The summed E-state index contributed by atoms with van der Waals surface area (Å²) >= 11 is 0. The van der Waals surface area contributed by atoms with Crippen molar-refractivity contribution in [1.82, 2.24) is 4.57 Å². The van der Waals surface area contributed by atoms with Crippen molar-refractivity contribution in [2.45, 2.75) is 6.54 Å². The van der Waals surface area contributed by atoms with Gasteiger partial charge in [-0.15, -0.1) is 0 Å². The van der Waals surface area contributed by atoms with Gasteiger partial charge in [0.15, 0.2) is 0 Å². The van der Waals surface area contributed by atoms with Gasteiger partial charge in [0.25, 0.3) is 0 Å². The number of rotatable bonds is 3. The van der Waals surface area contributed by atoms with Crippen LogP contribution in [0.5, 0.6) is 5.75 Å². The van der Waals surface area contributed by atoms with Crippen molar-refractivity contribution in [2.75, 3.05) is 0 Å². The Morgan fingerprint density at radius 3 is 2.44 bits per heavy atom. The van der Waals surface area contributed by atoms with Crippen molar-refractivity contribution in [3.8, 4) is 22.9 Å². The summed E-state index contributed by atoms with van der Waals surface area (Å²) in [4.78, 5) is 0.